The van der Waals surface area contributed by atoms with Gasteiger partial charge in [0.2, 0.25) is 0 Å². The van der Waals surface area contributed by atoms with E-state index in [9.17, 15) is 24.9 Å². The molecule has 0 radical (unpaired) electrons. The highest BCUT2D eigenvalue weighted by Crippen LogP contribution is 2.68. The van der Waals surface area contributed by atoms with E-state index in [1.807, 2.05) is 6.92 Å². The van der Waals surface area contributed by atoms with Gasteiger partial charge in [0.15, 0.2) is 5.78 Å². The lowest BCUT2D eigenvalue weighted by Gasteiger charge is -2.60. The van der Waals surface area contributed by atoms with Crippen molar-refractivity contribution in [2.75, 3.05) is 0 Å². The Morgan fingerprint density at radius 3 is 2.36 bits per heavy atom. The van der Waals surface area contributed by atoms with Crippen molar-refractivity contribution < 1.29 is 24.9 Å². The van der Waals surface area contributed by atoms with Gasteiger partial charge in [-0.1, -0.05) is 41.5 Å². The summed E-state index contributed by atoms with van der Waals surface area (Å²) in [6.07, 6.45) is 4.24. The maximum Gasteiger partial charge on any atom is 0.159 e. The molecular formula is C28H44O5. The van der Waals surface area contributed by atoms with Crippen molar-refractivity contribution in [1.82, 2.24) is 0 Å². The van der Waals surface area contributed by atoms with Gasteiger partial charge in [-0.2, -0.15) is 0 Å². The lowest BCUT2D eigenvalue weighted by Crippen LogP contribution is -2.61. The molecule has 0 saturated heterocycles. The highest BCUT2D eigenvalue weighted by atomic mass is 16.3. The van der Waals surface area contributed by atoms with E-state index in [1.165, 1.54) is 0 Å². The smallest absolute Gasteiger partial charge is 0.159 e. The number of hydrogen-bond donors (Lipinski definition) is 3. The molecule has 186 valence electrons. The lowest BCUT2D eigenvalue weighted by molar-refractivity contribution is -0.154. The van der Waals surface area contributed by atoms with E-state index in [0.29, 0.717) is 36.9 Å². The standard InChI is InChI=1S/C28H44O5/c1-15(2)16(3)11-22(29)17(4)18-8-10-28(33)20-12-23(30)21-13-24(31)25(32)14-26(21,5)19(20)7-9-27(18,28)6/h12,15-19,21,24-25,31-33H,7-11,13-14H2,1-6H3. The Kier molecular flexibility index (Phi) is 6.28. The van der Waals surface area contributed by atoms with Crippen LogP contribution in [-0.2, 0) is 9.59 Å². The minimum Gasteiger partial charge on any atom is -0.390 e. The van der Waals surface area contributed by atoms with Crippen LogP contribution >= 0.6 is 0 Å². The fraction of sp³-hybridized carbons (Fsp3) is 0.857. The van der Waals surface area contributed by atoms with Gasteiger partial charge in [-0.15, -0.1) is 0 Å². The van der Waals surface area contributed by atoms with Crippen LogP contribution in [0.1, 0.15) is 86.5 Å². The van der Waals surface area contributed by atoms with E-state index in [4.69, 9.17) is 0 Å². The second kappa shape index (κ2) is 8.27. The number of Topliss-reactive ketones (excluding diaryl/α,β-unsaturated/α-hetero) is 1. The number of rotatable bonds is 5. The number of carbonyl (C=O) groups is 2. The van der Waals surface area contributed by atoms with Crippen molar-refractivity contribution in [3.8, 4) is 0 Å². The number of aliphatic hydroxyl groups excluding tert-OH is 2. The first-order chi connectivity index (χ1) is 15.3. The van der Waals surface area contributed by atoms with Crippen LogP contribution in [0.15, 0.2) is 11.6 Å². The molecule has 0 aliphatic heterocycles. The first kappa shape index (κ1) is 25.1. The molecule has 10 atom stereocenters. The summed E-state index contributed by atoms with van der Waals surface area (Å²) in [5.41, 5.74) is -1.16. The summed E-state index contributed by atoms with van der Waals surface area (Å²) in [7, 11) is 0. The predicted octanol–water partition coefficient (Wildman–Crippen LogP) is 4.08. The topological polar surface area (TPSA) is 94.8 Å². The highest BCUT2D eigenvalue weighted by molar-refractivity contribution is 5.95. The van der Waals surface area contributed by atoms with Gasteiger partial charge in [0.05, 0.1) is 17.8 Å². The molecule has 5 heteroatoms. The van der Waals surface area contributed by atoms with Gasteiger partial charge in [-0.25, -0.2) is 0 Å². The first-order valence-electron chi connectivity index (χ1n) is 13.1. The number of carbonyl (C=O) groups excluding carboxylic acids is 2. The van der Waals surface area contributed by atoms with Crippen molar-refractivity contribution in [2.24, 2.45) is 46.3 Å². The zero-order chi connectivity index (χ0) is 24.5. The normalized spacial score (nSPS) is 46.8. The van der Waals surface area contributed by atoms with Gasteiger partial charge in [0.1, 0.15) is 5.78 Å². The molecule has 3 saturated carbocycles. The quantitative estimate of drug-likeness (QED) is 0.575. The molecule has 0 aromatic heterocycles. The van der Waals surface area contributed by atoms with Gasteiger partial charge >= 0.3 is 0 Å². The van der Waals surface area contributed by atoms with Crippen LogP contribution in [0, 0.1) is 46.3 Å². The SMILES string of the molecule is CC(C)C(C)CC(=O)C(C)C1CCC2(O)C3=CC(=O)C4CC(O)C(O)CC4(C)C3CCC12C. The minimum absolute atomic E-state index is 0.0196. The monoisotopic (exact) mass is 460 g/mol. The van der Waals surface area contributed by atoms with Crippen molar-refractivity contribution in [1.29, 1.82) is 0 Å². The summed E-state index contributed by atoms with van der Waals surface area (Å²) in [5, 5.41) is 32.9. The Morgan fingerprint density at radius 2 is 1.73 bits per heavy atom. The van der Waals surface area contributed by atoms with Gasteiger partial charge in [-0.3, -0.25) is 9.59 Å². The number of aliphatic hydroxyl groups is 3. The van der Waals surface area contributed by atoms with Crippen LogP contribution in [0.4, 0.5) is 0 Å². The van der Waals surface area contributed by atoms with E-state index < -0.39 is 28.6 Å². The molecule has 0 amide bonds. The van der Waals surface area contributed by atoms with Gasteiger partial charge in [-0.05, 0) is 79.3 Å². The van der Waals surface area contributed by atoms with Gasteiger partial charge in [0, 0.05) is 23.7 Å². The molecule has 0 aromatic carbocycles. The van der Waals surface area contributed by atoms with Crippen LogP contribution in [0.25, 0.3) is 0 Å². The summed E-state index contributed by atoms with van der Waals surface area (Å²) in [6, 6.07) is 0. The molecule has 3 fully saturated rings. The maximum atomic E-state index is 13.3. The van der Waals surface area contributed by atoms with Crippen LogP contribution in [0.2, 0.25) is 0 Å². The molecule has 0 bridgehead atoms. The Hall–Kier alpha value is -1.04. The first-order valence-corrected chi connectivity index (χ1v) is 13.1. The number of ketones is 2. The molecule has 0 spiro atoms. The van der Waals surface area contributed by atoms with Crippen LogP contribution in [0.5, 0.6) is 0 Å². The second-order valence-electron chi connectivity index (χ2n) is 12.8. The Balaban J connectivity index is 1.65. The Labute approximate surface area is 199 Å². The minimum atomic E-state index is -1.09. The molecular weight excluding hydrogens is 416 g/mol. The summed E-state index contributed by atoms with van der Waals surface area (Å²) >= 11 is 0. The molecule has 0 aromatic rings. The summed E-state index contributed by atoms with van der Waals surface area (Å²) in [4.78, 5) is 26.5. The average Bonchev–Trinajstić information content (AvgIpc) is 3.01. The summed E-state index contributed by atoms with van der Waals surface area (Å²) < 4.78 is 0. The Bertz CT molecular complexity index is 847. The van der Waals surface area contributed by atoms with Gasteiger partial charge in [0.25, 0.3) is 0 Å². The highest BCUT2D eigenvalue weighted by Gasteiger charge is 2.67. The van der Waals surface area contributed by atoms with Crippen LogP contribution in [-0.4, -0.2) is 44.7 Å². The second-order valence-corrected chi connectivity index (χ2v) is 12.8. The molecule has 3 N–H and O–H groups in total. The zero-order valence-corrected chi connectivity index (χ0v) is 21.3. The predicted molar refractivity (Wildman–Crippen MR) is 127 cm³/mol. The summed E-state index contributed by atoms with van der Waals surface area (Å²) in [6.45, 7) is 12.7. The third kappa shape index (κ3) is 3.60. The molecule has 5 nitrogen and oxygen atoms in total. The molecule has 0 heterocycles. The number of hydrogen-bond acceptors (Lipinski definition) is 5. The van der Waals surface area contributed by atoms with Crippen molar-refractivity contribution in [2.45, 2.75) is 104 Å². The molecule has 33 heavy (non-hydrogen) atoms. The third-order valence-corrected chi connectivity index (χ3v) is 11.0. The van der Waals surface area contributed by atoms with E-state index in [2.05, 4.69) is 34.6 Å². The zero-order valence-electron chi connectivity index (χ0n) is 21.3. The molecule has 4 aliphatic rings. The summed E-state index contributed by atoms with van der Waals surface area (Å²) in [5.74, 6) is 0.757. The molecule has 4 rings (SSSR count). The number of fused-ring (bicyclic) bond motifs is 5. The van der Waals surface area contributed by atoms with Crippen molar-refractivity contribution in [3.05, 3.63) is 11.6 Å². The van der Waals surface area contributed by atoms with Crippen molar-refractivity contribution >= 4 is 11.6 Å². The largest absolute Gasteiger partial charge is 0.390 e. The van der Waals surface area contributed by atoms with E-state index in [1.54, 1.807) is 6.08 Å². The van der Waals surface area contributed by atoms with Gasteiger partial charge < -0.3 is 15.3 Å². The lowest BCUT2D eigenvalue weighted by atomic mass is 9.46. The number of allylic oxidation sites excluding steroid dienone is 1. The third-order valence-electron chi connectivity index (χ3n) is 11.0. The van der Waals surface area contributed by atoms with Crippen LogP contribution in [0.3, 0.4) is 0 Å². The van der Waals surface area contributed by atoms with Crippen molar-refractivity contribution in [3.63, 3.8) is 0 Å². The maximum absolute atomic E-state index is 13.3. The molecule has 10 unspecified atom stereocenters. The average molecular weight is 461 g/mol. The van der Waals surface area contributed by atoms with Crippen LogP contribution < -0.4 is 0 Å². The van der Waals surface area contributed by atoms with E-state index in [0.717, 1.165) is 24.8 Å². The fourth-order valence-electron chi connectivity index (χ4n) is 8.18. The van der Waals surface area contributed by atoms with E-state index >= 15 is 0 Å². The molecule has 4 aliphatic carbocycles. The fourth-order valence-corrected chi connectivity index (χ4v) is 8.18. The Morgan fingerprint density at radius 1 is 1.06 bits per heavy atom. The van der Waals surface area contributed by atoms with E-state index in [-0.39, 0.29) is 35.9 Å².